The molecule has 1 saturated carbocycles. The number of aliphatic hydroxyl groups excluding tert-OH is 1. The maximum absolute atomic E-state index is 12.2. The Balaban J connectivity index is 1.70. The lowest BCUT2D eigenvalue weighted by atomic mass is 10.0. The van der Waals surface area contributed by atoms with Gasteiger partial charge in [0.2, 0.25) is 0 Å². The highest BCUT2D eigenvalue weighted by atomic mass is 16.3. The number of hydrogen-bond acceptors (Lipinski definition) is 3. The van der Waals surface area contributed by atoms with Crippen LogP contribution in [-0.4, -0.2) is 30.2 Å². The molecule has 3 rings (SSSR count). The quantitative estimate of drug-likeness (QED) is 0.772. The minimum absolute atomic E-state index is 0.0138. The van der Waals surface area contributed by atoms with Crippen molar-refractivity contribution in [2.75, 3.05) is 18.5 Å². The number of hydrogen-bond donors (Lipinski definition) is 3. The van der Waals surface area contributed by atoms with Crippen molar-refractivity contribution in [3.05, 3.63) is 29.3 Å². The topological polar surface area (TPSA) is 61.4 Å². The minimum Gasteiger partial charge on any atom is -0.396 e. The molecular formula is C15H20N2O2. The van der Waals surface area contributed by atoms with E-state index in [0.717, 1.165) is 43.5 Å². The zero-order valence-electron chi connectivity index (χ0n) is 11.0. The molecule has 1 fully saturated rings. The molecule has 1 aliphatic heterocycles. The van der Waals surface area contributed by atoms with Gasteiger partial charge < -0.3 is 15.7 Å². The predicted molar refractivity (Wildman–Crippen MR) is 74.3 cm³/mol. The lowest BCUT2D eigenvalue weighted by Crippen LogP contribution is -2.38. The molecule has 2 aliphatic rings. The summed E-state index contributed by atoms with van der Waals surface area (Å²) >= 11 is 0. The van der Waals surface area contributed by atoms with E-state index < -0.39 is 0 Å². The van der Waals surface area contributed by atoms with Crippen molar-refractivity contribution in [2.24, 2.45) is 5.92 Å². The van der Waals surface area contributed by atoms with Crippen LogP contribution in [0.25, 0.3) is 0 Å². The van der Waals surface area contributed by atoms with Crippen molar-refractivity contribution in [1.29, 1.82) is 0 Å². The van der Waals surface area contributed by atoms with Crippen LogP contribution in [0.3, 0.4) is 0 Å². The van der Waals surface area contributed by atoms with Gasteiger partial charge in [-0.3, -0.25) is 4.79 Å². The second kappa shape index (κ2) is 5.21. The van der Waals surface area contributed by atoms with Crippen molar-refractivity contribution >= 4 is 11.6 Å². The summed E-state index contributed by atoms with van der Waals surface area (Å²) in [7, 11) is 0. The third kappa shape index (κ3) is 2.45. The Morgan fingerprint density at radius 2 is 2.32 bits per heavy atom. The fourth-order valence-electron chi connectivity index (χ4n) is 3.14. The molecule has 3 N–H and O–H groups in total. The molecule has 0 radical (unpaired) electrons. The van der Waals surface area contributed by atoms with Gasteiger partial charge in [-0.05, 0) is 43.0 Å². The average molecular weight is 260 g/mol. The van der Waals surface area contributed by atoms with Crippen LogP contribution in [0.5, 0.6) is 0 Å². The first kappa shape index (κ1) is 12.5. The summed E-state index contributed by atoms with van der Waals surface area (Å²) < 4.78 is 0. The van der Waals surface area contributed by atoms with Gasteiger partial charge in [0.15, 0.2) is 0 Å². The summed E-state index contributed by atoms with van der Waals surface area (Å²) in [6.07, 6.45) is 4.06. The molecule has 0 saturated heterocycles. The molecule has 4 heteroatoms. The molecular weight excluding hydrogens is 240 g/mol. The summed E-state index contributed by atoms with van der Waals surface area (Å²) in [5, 5.41) is 15.6. The van der Waals surface area contributed by atoms with Crippen LogP contribution in [0.15, 0.2) is 18.2 Å². The van der Waals surface area contributed by atoms with E-state index in [9.17, 15) is 9.90 Å². The number of anilines is 1. The van der Waals surface area contributed by atoms with Crippen LogP contribution in [-0.2, 0) is 6.42 Å². The molecule has 1 heterocycles. The lowest BCUT2D eigenvalue weighted by molar-refractivity contribution is 0.0916. The molecule has 1 amide bonds. The molecule has 1 aromatic rings. The van der Waals surface area contributed by atoms with Gasteiger partial charge in [-0.2, -0.15) is 0 Å². The Morgan fingerprint density at radius 1 is 1.42 bits per heavy atom. The number of carbonyl (C=O) groups excluding carboxylic acids is 1. The largest absolute Gasteiger partial charge is 0.396 e. The van der Waals surface area contributed by atoms with Gasteiger partial charge in [0, 0.05) is 36.4 Å². The minimum atomic E-state index is -0.0138. The van der Waals surface area contributed by atoms with E-state index in [1.807, 2.05) is 18.2 Å². The number of aliphatic hydroxyl groups is 1. The third-order valence-corrected chi connectivity index (χ3v) is 4.29. The zero-order chi connectivity index (χ0) is 13.2. The van der Waals surface area contributed by atoms with Crippen molar-refractivity contribution in [3.63, 3.8) is 0 Å². The first-order valence-corrected chi connectivity index (χ1v) is 7.06. The van der Waals surface area contributed by atoms with Crippen LogP contribution in [0.4, 0.5) is 5.69 Å². The molecule has 102 valence electrons. The summed E-state index contributed by atoms with van der Waals surface area (Å²) in [4.78, 5) is 12.2. The summed E-state index contributed by atoms with van der Waals surface area (Å²) in [6.45, 7) is 1.12. The van der Waals surface area contributed by atoms with Gasteiger partial charge >= 0.3 is 0 Å². The van der Waals surface area contributed by atoms with E-state index in [1.165, 1.54) is 5.56 Å². The monoisotopic (exact) mass is 260 g/mol. The normalized spacial score (nSPS) is 24.9. The van der Waals surface area contributed by atoms with Crippen LogP contribution in [0, 0.1) is 5.92 Å². The second-order valence-corrected chi connectivity index (χ2v) is 5.50. The van der Waals surface area contributed by atoms with Gasteiger partial charge in [-0.25, -0.2) is 0 Å². The van der Waals surface area contributed by atoms with Gasteiger partial charge in [-0.15, -0.1) is 0 Å². The number of benzene rings is 1. The molecule has 0 spiro atoms. The standard InChI is InChI=1S/C15H20N2O2/c18-9-12-2-1-3-14(12)17-15(19)11-4-5-13-10(8-11)6-7-16-13/h4-5,8,12,14,16,18H,1-3,6-7,9H2,(H,17,19). The average Bonchev–Trinajstić information content (AvgIpc) is 3.05. The summed E-state index contributed by atoms with van der Waals surface area (Å²) in [6, 6.07) is 5.96. The molecule has 1 aromatic carbocycles. The molecule has 2 unspecified atom stereocenters. The predicted octanol–water partition coefficient (Wildman–Crippen LogP) is 1.55. The highest BCUT2D eigenvalue weighted by Crippen LogP contribution is 2.26. The highest BCUT2D eigenvalue weighted by molar-refractivity contribution is 5.95. The highest BCUT2D eigenvalue weighted by Gasteiger charge is 2.28. The SMILES string of the molecule is O=C(NC1CCCC1CO)c1ccc2c(c1)CCN2. The van der Waals surface area contributed by atoms with Gasteiger partial charge in [-0.1, -0.05) is 6.42 Å². The second-order valence-electron chi connectivity index (χ2n) is 5.50. The number of nitrogens with one attached hydrogen (secondary N) is 2. The van der Waals surface area contributed by atoms with Crippen molar-refractivity contribution in [2.45, 2.75) is 31.7 Å². The van der Waals surface area contributed by atoms with Crippen molar-refractivity contribution in [3.8, 4) is 0 Å². The number of carbonyl (C=O) groups is 1. The Labute approximate surface area is 113 Å². The molecule has 0 aromatic heterocycles. The smallest absolute Gasteiger partial charge is 0.251 e. The Hall–Kier alpha value is -1.55. The van der Waals surface area contributed by atoms with Crippen LogP contribution in [0.2, 0.25) is 0 Å². The first-order valence-electron chi connectivity index (χ1n) is 7.06. The summed E-state index contributed by atoms with van der Waals surface area (Å²) in [5.74, 6) is 0.208. The summed E-state index contributed by atoms with van der Waals surface area (Å²) in [5.41, 5.74) is 3.09. The molecule has 2 atom stereocenters. The van der Waals surface area contributed by atoms with Crippen molar-refractivity contribution in [1.82, 2.24) is 5.32 Å². The van der Waals surface area contributed by atoms with Crippen LogP contribution < -0.4 is 10.6 Å². The molecule has 0 bridgehead atoms. The Bertz CT molecular complexity index is 487. The molecule has 1 aliphatic carbocycles. The lowest BCUT2D eigenvalue weighted by Gasteiger charge is -2.19. The van der Waals surface area contributed by atoms with Crippen molar-refractivity contribution < 1.29 is 9.90 Å². The maximum Gasteiger partial charge on any atom is 0.251 e. The van der Waals surface area contributed by atoms with E-state index in [1.54, 1.807) is 0 Å². The fraction of sp³-hybridized carbons (Fsp3) is 0.533. The fourth-order valence-corrected chi connectivity index (χ4v) is 3.14. The molecule has 19 heavy (non-hydrogen) atoms. The Kier molecular flexibility index (Phi) is 3.42. The van der Waals surface area contributed by atoms with Gasteiger partial charge in [0.1, 0.15) is 0 Å². The van der Waals surface area contributed by atoms with Gasteiger partial charge in [0.05, 0.1) is 0 Å². The number of fused-ring (bicyclic) bond motifs is 1. The van der Waals surface area contributed by atoms with E-state index >= 15 is 0 Å². The number of rotatable bonds is 3. The maximum atomic E-state index is 12.2. The van der Waals surface area contributed by atoms with Crippen LogP contribution >= 0.6 is 0 Å². The van der Waals surface area contributed by atoms with E-state index in [4.69, 9.17) is 0 Å². The molecule has 4 nitrogen and oxygen atoms in total. The zero-order valence-corrected chi connectivity index (χ0v) is 11.0. The first-order chi connectivity index (χ1) is 9.28. The van der Waals surface area contributed by atoms with Crippen LogP contribution in [0.1, 0.15) is 35.2 Å². The number of amides is 1. The van der Waals surface area contributed by atoms with E-state index in [-0.39, 0.29) is 24.5 Å². The van der Waals surface area contributed by atoms with Gasteiger partial charge in [0.25, 0.3) is 5.91 Å². The Morgan fingerprint density at radius 3 is 3.16 bits per heavy atom. The van der Waals surface area contributed by atoms with E-state index in [0.29, 0.717) is 0 Å². The third-order valence-electron chi connectivity index (χ3n) is 4.29. The van der Waals surface area contributed by atoms with E-state index in [2.05, 4.69) is 10.6 Å².